The van der Waals surface area contributed by atoms with Crippen molar-refractivity contribution in [1.82, 2.24) is 4.98 Å². The van der Waals surface area contributed by atoms with E-state index in [0.29, 0.717) is 5.56 Å². The van der Waals surface area contributed by atoms with Crippen LogP contribution in [0.1, 0.15) is 25.0 Å². The molecule has 34 heavy (non-hydrogen) atoms. The predicted molar refractivity (Wildman–Crippen MR) is 138 cm³/mol. The van der Waals surface area contributed by atoms with E-state index in [4.69, 9.17) is 0 Å². The fourth-order valence-corrected chi connectivity index (χ4v) is 5.27. The van der Waals surface area contributed by atoms with Crippen LogP contribution in [0.4, 0.5) is 0 Å². The SMILES string of the molecule is Cc1cc(S(C)(=O)=O)ccc1-c1cccc(-c2cc(C(C)(C)S(C)(=O)=O)cc3cccnc23)c1. The molecule has 0 spiro atoms. The van der Waals surface area contributed by atoms with Crippen molar-refractivity contribution in [3.63, 3.8) is 0 Å². The van der Waals surface area contributed by atoms with Gasteiger partial charge in [0.15, 0.2) is 19.7 Å². The number of aromatic nitrogens is 1. The van der Waals surface area contributed by atoms with Gasteiger partial charge in [0.2, 0.25) is 0 Å². The lowest BCUT2D eigenvalue weighted by Gasteiger charge is -2.24. The van der Waals surface area contributed by atoms with E-state index in [9.17, 15) is 16.8 Å². The molecule has 0 atom stereocenters. The summed E-state index contributed by atoms with van der Waals surface area (Å²) in [5.41, 5.74) is 5.96. The van der Waals surface area contributed by atoms with Gasteiger partial charge in [0.1, 0.15) is 0 Å². The van der Waals surface area contributed by atoms with Crippen molar-refractivity contribution < 1.29 is 16.8 Å². The van der Waals surface area contributed by atoms with Crippen molar-refractivity contribution in [3.8, 4) is 22.3 Å². The topological polar surface area (TPSA) is 81.2 Å². The van der Waals surface area contributed by atoms with Crippen LogP contribution in [0, 0.1) is 6.92 Å². The van der Waals surface area contributed by atoms with Crippen LogP contribution in [-0.2, 0) is 24.4 Å². The van der Waals surface area contributed by atoms with Gasteiger partial charge in [0, 0.05) is 29.7 Å². The molecule has 7 heteroatoms. The number of nitrogens with zero attached hydrogens (tertiary/aromatic N) is 1. The number of aryl methyl sites for hydroxylation is 1. The summed E-state index contributed by atoms with van der Waals surface area (Å²) < 4.78 is 47.9. The molecule has 0 unspecified atom stereocenters. The lowest BCUT2D eigenvalue weighted by atomic mass is 9.91. The highest BCUT2D eigenvalue weighted by Crippen LogP contribution is 2.37. The van der Waals surface area contributed by atoms with E-state index in [1.54, 1.807) is 32.2 Å². The largest absolute Gasteiger partial charge is 0.256 e. The number of sulfone groups is 2. The van der Waals surface area contributed by atoms with Crippen LogP contribution in [0.2, 0.25) is 0 Å². The highest BCUT2D eigenvalue weighted by molar-refractivity contribution is 7.91. The van der Waals surface area contributed by atoms with E-state index >= 15 is 0 Å². The molecule has 0 fully saturated rings. The van der Waals surface area contributed by atoms with Crippen LogP contribution in [0.5, 0.6) is 0 Å². The van der Waals surface area contributed by atoms with Crippen molar-refractivity contribution in [1.29, 1.82) is 0 Å². The molecule has 0 aliphatic rings. The van der Waals surface area contributed by atoms with Crippen molar-refractivity contribution in [2.24, 2.45) is 0 Å². The summed E-state index contributed by atoms with van der Waals surface area (Å²) in [6, 6.07) is 20.6. The molecule has 0 aliphatic carbocycles. The lowest BCUT2D eigenvalue weighted by Crippen LogP contribution is -2.28. The van der Waals surface area contributed by atoms with Gasteiger partial charge in [0.05, 0.1) is 15.2 Å². The summed E-state index contributed by atoms with van der Waals surface area (Å²) in [4.78, 5) is 4.87. The minimum atomic E-state index is -3.37. The normalized spacial score (nSPS) is 12.7. The van der Waals surface area contributed by atoms with Crippen molar-refractivity contribution in [2.45, 2.75) is 30.4 Å². The first-order chi connectivity index (χ1) is 15.8. The third kappa shape index (κ3) is 4.38. The molecule has 0 saturated carbocycles. The van der Waals surface area contributed by atoms with Gasteiger partial charge in [-0.3, -0.25) is 4.98 Å². The minimum Gasteiger partial charge on any atom is -0.256 e. The molecular weight excluding hydrogens is 466 g/mol. The Morgan fingerprint density at radius 3 is 2.06 bits per heavy atom. The molecule has 1 aromatic heterocycles. The van der Waals surface area contributed by atoms with Crippen LogP contribution in [-0.4, -0.2) is 34.3 Å². The van der Waals surface area contributed by atoms with Crippen molar-refractivity contribution >= 4 is 30.6 Å². The summed E-state index contributed by atoms with van der Waals surface area (Å²) in [7, 11) is -6.65. The van der Waals surface area contributed by atoms with Gasteiger partial charge in [0.25, 0.3) is 0 Å². The zero-order valence-electron chi connectivity index (χ0n) is 19.8. The molecule has 3 aromatic carbocycles. The summed E-state index contributed by atoms with van der Waals surface area (Å²) in [6.07, 6.45) is 4.18. The number of benzene rings is 3. The van der Waals surface area contributed by atoms with Crippen LogP contribution in [0.25, 0.3) is 33.2 Å². The van der Waals surface area contributed by atoms with Crippen LogP contribution in [0.15, 0.2) is 77.8 Å². The fourth-order valence-electron chi connectivity index (χ4n) is 4.02. The molecule has 0 bridgehead atoms. The van der Waals surface area contributed by atoms with E-state index in [1.165, 1.54) is 12.5 Å². The first-order valence-electron chi connectivity index (χ1n) is 10.8. The molecule has 176 valence electrons. The minimum absolute atomic E-state index is 0.288. The molecule has 5 nitrogen and oxygen atoms in total. The molecule has 4 aromatic rings. The number of hydrogen-bond donors (Lipinski definition) is 0. The first kappa shape index (κ1) is 24.1. The third-order valence-corrected chi connectivity index (χ3v) is 9.64. The second-order valence-corrected chi connectivity index (χ2v) is 13.8. The second kappa shape index (κ2) is 8.32. The Morgan fingerprint density at radius 1 is 0.765 bits per heavy atom. The Hall–Kier alpha value is -3.03. The summed E-state index contributed by atoms with van der Waals surface area (Å²) in [5.74, 6) is 0. The summed E-state index contributed by atoms with van der Waals surface area (Å²) >= 11 is 0. The van der Waals surface area contributed by atoms with Crippen LogP contribution in [0.3, 0.4) is 0 Å². The van der Waals surface area contributed by atoms with E-state index in [0.717, 1.165) is 38.7 Å². The number of fused-ring (bicyclic) bond motifs is 1. The van der Waals surface area contributed by atoms with E-state index in [2.05, 4.69) is 4.98 Å². The van der Waals surface area contributed by atoms with Crippen molar-refractivity contribution in [3.05, 3.63) is 84.1 Å². The van der Waals surface area contributed by atoms with E-state index in [1.807, 2.05) is 61.5 Å². The third-order valence-electron chi connectivity index (χ3n) is 6.44. The van der Waals surface area contributed by atoms with Gasteiger partial charge >= 0.3 is 0 Å². The molecular formula is C27H27NO4S2. The summed E-state index contributed by atoms with van der Waals surface area (Å²) in [5, 5.41) is 0.866. The molecule has 0 saturated heterocycles. The Morgan fingerprint density at radius 2 is 1.44 bits per heavy atom. The standard InChI is InChI=1S/C27H27NO4S2/c1-18-14-23(33(4,29)30)11-12-24(18)19-8-6-9-20(15-19)25-17-22(27(2,3)34(5,31)32)16-21-10-7-13-28-26(21)25/h6-17H,1-5H3. The molecule has 1 heterocycles. The van der Waals surface area contributed by atoms with Gasteiger partial charge in [-0.15, -0.1) is 0 Å². The zero-order chi connectivity index (χ0) is 24.9. The highest BCUT2D eigenvalue weighted by Gasteiger charge is 2.33. The first-order valence-corrected chi connectivity index (χ1v) is 14.6. The monoisotopic (exact) mass is 493 g/mol. The Bertz CT molecular complexity index is 1640. The Labute approximate surface area is 201 Å². The van der Waals surface area contributed by atoms with E-state index < -0.39 is 24.4 Å². The number of rotatable bonds is 5. The van der Waals surface area contributed by atoms with Gasteiger partial charge < -0.3 is 0 Å². The average Bonchev–Trinajstić information content (AvgIpc) is 2.77. The molecule has 0 N–H and O–H groups in total. The maximum atomic E-state index is 12.6. The Balaban J connectivity index is 1.93. The van der Waals surface area contributed by atoms with Gasteiger partial charge in [-0.05, 0) is 85.0 Å². The quantitative estimate of drug-likeness (QED) is 0.364. The zero-order valence-corrected chi connectivity index (χ0v) is 21.5. The maximum Gasteiger partial charge on any atom is 0.175 e. The molecule has 4 rings (SSSR count). The Kier molecular flexibility index (Phi) is 5.90. The van der Waals surface area contributed by atoms with Crippen LogP contribution >= 0.6 is 0 Å². The number of pyridine rings is 1. The lowest BCUT2D eigenvalue weighted by molar-refractivity contribution is 0.561. The molecule has 0 amide bonds. The smallest absolute Gasteiger partial charge is 0.175 e. The van der Waals surface area contributed by atoms with Gasteiger partial charge in [-0.2, -0.15) is 0 Å². The summed E-state index contributed by atoms with van der Waals surface area (Å²) in [6.45, 7) is 5.32. The highest BCUT2D eigenvalue weighted by atomic mass is 32.2. The van der Waals surface area contributed by atoms with E-state index in [-0.39, 0.29) is 4.90 Å². The fraction of sp³-hybridized carbons (Fsp3) is 0.222. The van der Waals surface area contributed by atoms with Crippen LogP contribution < -0.4 is 0 Å². The molecule has 0 aliphatic heterocycles. The number of hydrogen-bond acceptors (Lipinski definition) is 5. The molecule has 0 radical (unpaired) electrons. The second-order valence-electron chi connectivity index (χ2n) is 9.21. The maximum absolute atomic E-state index is 12.6. The van der Waals surface area contributed by atoms with Gasteiger partial charge in [-0.25, -0.2) is 16.8 Å². The van der Waals surface area contributed by atoms with Gasteiger partial charge in [-0.1, -0.05) is 30.3 Å². The predicted octanol–water partition coefficient (Wildman–Crippen LogP) is 5.56. The van der Waals surface area contributed by atoms with Crippen molar-refractivity contribution in [2.75, 3.05) is 12.5 Å². The average molecular weight is 494 g/mol.